The molecule has 2 fully saturated rings. The van der Waals surface area contributed by atoms with E-state index < -0.39 is 5.56 Å². The smallest absolute Gasteiger partial charge is 0.332 e. The molecule has 6 nitrogen and oxygen atoms in total. The van der Waals surface area contributed by atoms with Crippen molar-refractivity contribution in [3.8, 4) is 6.07 Å². The minimum Gasteiger partial charge on any atom is -0.356 e. The van der Waals surface area contributed by atoms with Crippen LogP contribution in [0.3, 0.4) is 0 Å². The van der Waals surface area contributed by atoms with E-state index in [1.165, 1.54) is 11.6 Å². The molecule has 2 atom stereocenters. The highest BCUT2D eigenvalue weighted by Gasteiger charge is 2.62. The molecular weight excluding hydrogens is 256 g/mol. The molecular formula is C14H18N4O2. The molecule has 0 radical (unpaired) electrons. The van der Waals surface area contributed by atoms with Crippen LogP contribution >= 0.6 is 0 Å². The molecule has 20 heavy (non-hydrogen) atoms. The number of anilines is 1. The molecule has 1 aliphatic carbocycles. The lowest BCUT2D eigenvalue weighted by Gasteiger charge is -2.26. The SMILES string of the molecule is Cn1c(N2C[C@@H]3[C@@H](C2)C3(C)C)c(C#N)c(=O)n(C)c1=O. The molecule has 106 valence electrons. The Morgan fingerprint density at radius 1 is 1.15 bits per heavy atom. The molecule has 0 unspecified atom stereocenters. The fraction of sp³-hybridized carbons (Fsp3) is 0.643. The Bertz CT molecular complexity index is 736. The normalized spacial score (nSPS) is 26.2. The Labute approximate surface area is 116 Å². The van der Waals surface area contributed by atoms with Crippen LogP contribution < -0.4 is 16.1 Å². The van der Waals surface area contributed by atoms with Crippen molar-refractivity contribution >= 4 is 5.82 Å². The Kier molecular flexibility index (Phi) is 2.43. The second-order valence-electron chi connectivity index (χ2n) is 6.46. The van der Waals surface area contributed by atoms with Crippen molar-refractivity contribution in [2.45, 2.75) is 13.8 Å². The molecule has 0 N–H and O–H groups in total. The first-order valence-corrected chi connectivity index (χ1v) is 6.75. The second kappa shape index (κ2) is 3.75. The summed E-state index contributed by atoms with van der Waals surface area (Å²) < 4.78 is 2.40. The molecule has 6 heteroatoms. The number of nitrogens with zero attached hydrogens (tertiary/aromatic N) is 4. The van der Waals surface area contributed by atoms with E-state index in [4.69, 9.17) is 0 Å². The quantitative estimate of drug-likeness (QED) is 0.725. The van der Waals surface area contributed by atoms with Crippen LogP contribution in [-0.4, -0.2) is 22.2 Å². The first-order valence-electron chi connectivity index (χ1n) is 6.75. The van der Waals surface area contributed by atoms with Crippen LogP contribution in [0, 0.1) is 28.6 Å². The van der Waals surface area contributed by atoms with Crippen molar-refractivity contribution in [1.82, 2.24) is 9.13 Å². The van der Waals surface area contributed by atoms with E-state index in [1.807, 2.05) is 11.0 Å². The number of piperidine rings is 1. The molecule has 3 rings (SSSR count). The Morgan fingerprint density at radius 2 is 1.70 bits per heavy atom. The van der Waals surface area contributed by atoms with Crippen molar-refractivity contribution in [3.05, 3.63) is 26.4 Å². The van der Waals surface area contributed by atoms with Gasteiger partial charge in [0.2, 0.25) is 0 Å². The van der Waals surface area contributed by atoms with Crippen LogP contribution in [-0.2, 0) is 14.1 Å². The predicted molar refractivity (Wildman–Crippen MR) is 74.6 cm³/mol. The van der Waals surface area contributed by atoms with Crippen LogP contribution in [0.5, 0.6) is 0 Å². The first kappa shape index (κ1) is 13.0. The van der Waals surface area contributed by atoms with Crippen molar-refractivity contribution in [2.75, 3.05) is 18.0 Å². The van der Waals surface area contributed by atoms with Crippen LogP contribution in [0.1, 0.15) is 19.4 Å². The maximum atomic E-state index is 12.1. The monoisotopic (exact) mass is 274 g/mol. The van der Waals surface area contributed by atoms with Gasteiger partial charge in [0.15, 0.2) is 5.56 Å². The molecule has 0 aromatic carbocycles. The van der Waals surface area contributed by atoms with Gasteiger partial charge >= 0.3 is 5.69 Å². The maximum Gasteiger partial charge on any atom is 0.332 e. The van der Waals surface area contributed by atoms with E-state index in [2.05, 4.69) is 13.8 Å². The zero-order chi connectivity index (χ0) is 14.8. The van der Waals surface area contributed by atoms with Gasteiger partial charge in [-0.3, -0.25) is 13.9 Å². The van der Waals surface area contributed by atoms with E-state index in [-0.39, 0.29) is 11.3 Å². The summed E-state index contributed by atoms with van der Waals surface area (Å²) in [6, 6.07) is 1.97. The summed E-state index contributed by atoms with van der Waals surface area (Å²) in [5, 5.41) is 9.27. The lowest BCUT2D eigenvalue weighted by atomic mass is 10.1. The maximum absolute atomic E-state index is 12.1. The fourth-order valence-corrected chi connectivity index (χ4v) is 3.61. The summed E-state index contributed by atoms with van der Waals surface area (Å²) in [6.07, 6.45) is 0. The molecule has 1 saturated carbocycles. The van der Waals surface area contributed by atoms with Crippen LogP contribution in [0.25, 0.3) is 0 Å². The largest absolute Gasteiger partial charge is 0.356 e. The van der Waals surface area contributed by atoms with Crippen molar-refractivity contribution in [2.24, 2.45) is 31.3 Å². The molecule has 0 amide bonds. The van der Waals surface area contributed by atoms with E-state index >= 15 is 0 Å². The third-order valence-corrected chi connectivity index (χ3v) is 5.17. The summed E-state index contributed by atoms with van der Waals surface area (Å²) in [5.74, 6) is 1.66. The van der Waals surface area contributed by atoms with Gasteiger partial charge < -0.3 is 4.90 Å². The minimum atomic E-state index is -0.509. The summed E-state index contributed by atoms with van der Waals surface area (Å²) in [6.45, 7) is 6.11. The third kappa shape index (κ3) is 1.43. The van der Waals surface area contributed by atoms with Crippen LogP contribution in [0.2, 0.25) is 0 Å². The number of rotatable bonds is 1. The molecule has 1 aromatic rings. The summed E-state index contributed by atoms with van der Waals surface area (Å²) in [5.41, 5.74) is -0.481. The van der Waals surface area contributed by atoms with Gasteiger partial charge in [0.25, 0.3) is 5.56 Å². The van der Waals surface area contributed by atoms with Crippen molar-refractivity contribution in [3.63, 3.8) is 0 Å². The standard InChI is InChI=1S/C14H18N4O2/c1-14(2)9-6-18(7-10(9)14)11-8(5-15)12(19)17(4)13(20)16(11)3/h9-10H,6-7H2,1-4H3/t9-,10-/m1/s1. The zero-order valence-electron chi connectivity index (χ0n) is 12.2. The summed E-state index contributed by atoms with van der Waals surface area (Å²) in [4.78, 5) is 26.1. The Morgan fingerprint density at radius 3 is 2.20 bits per heavy atom. The van der Waals surface area contributed by atoms with Gasteiger partial charge in [-0.1, -0.05) is 13.8 Å². The minimum absolute atomic E-state index is 0.0636. The second-order valence-corrected chi connectivity index (χ2v) is 6.46. The Hall–Kier alpha value is -2.03. The lowest BCUT2D eigenvalue weighted by molar-refractivity contribution is 0.493. The molecule has 1 saturated heterocycles. The van der Waals surface area contributed by atoms with Gasteiger partial charge in [-0.25, -0.2) is 4.79 Å². The molecule has 1 aromatic heterocycles. The molecule has 0 spiro atoms. The van der Waals surface area contributed by atoms with Gasteiger partial charge in [0.1, 0.15) is 11.9 Å². The van der Waals surface area contributed by atoms with E-state index in [0.29, 0.717) is 23.1 Å². The molecule has 2 heterocycles. The van der Waals surface area contributed by atoms with Gasteiger partial charge in [-0.2, -0.15) is 5.26 Å². The van der Waals surface area contributed by atoms with E-state index in [0.717, 1.165) is 17.7 Å². The number of nitriles is 1. The zero-order valence-corrected chi connectivity index (χ0v) is 12.2. The highest BCUT2D eigenvalue weighted by atomic mass is 16.2. The third-order valence-electron chi connectivity index (χ3n) is 5.17. The Balaban J connectivity index is 2.11. The van der Waals surface area contributed by atoms with Crippen molar-refractivity contribution < 1.29 is 0 Å². The number of hydrogen-bond donors (Lipinski definition) is 0. The van der Waals surface area contributed by atoms with E-state index in [9.17, 15) is 14.9 Å². The highest BCUT2D eigenvalue weighted by molar-refractivity contribution is 5.55. The molecule has 1 aliphatic heterocycles. The van der Waals surface area contributed by atoms with Gasteiger partial charge in [0, 0.05) is 27.2 Å². The molecule has 0 bridgehead atoms. The van der Waals surface area contributed by atoms with Gasteiger partial charge in [-0.05, 0) is 17.3 Å². The fourth-order valence-electron chi connectivity index (χ4n) is 3.61. The van der Waals surface area contributed by atoms with Gasteiger partial charge in [-0.15, -0.1) is 0 Å². The lowest BCUT2D eigenvalue weighted by Crippen LogP contribution is -2.43. The topological polar surface area (TPSA) is 71.0 Å². The number of fused-ring (bicyclic) bond motifs is 1. The van der Waals surface area contributed by atoms with Crippen molar-refractivity contribution in [1.29, 1.82) is 5.26 Å². The number of hydrogen-bond acceptors (Lipinski definition) is 4. The number of aromatic nitrogens is 2. The average molecular weight is 274 g/mol. The van der Waals surface area contributed by atoms with Crippen LogP contribution in [0.4, 0.5) is 5.82 Å². The van der Waals surface area contributed by atoms with Gasteiger partial charge in [0.05, 0.1) is 0 Å². The highest BCUT2D eigenvalue weighted by Crippen LogP contribution is 2.62. The summed E-state index contributed by atoms with van der Waals surface area (Å²) >= 11 is 0. The average Bonchev–Trinajstić information content (AvgIpc) is 2.81. The predicted octanol–water partition coefficient (Wildman–Crippen LogP) is 0.0479. The van der Waals surface area contributed by atoms with Crippen LogP contribution in [0.15, 0.2) is 9.59 Å². The van der Waals surface area contributed by atoms with E-state index in [1.54, 1.807) is 7.05 Å². The molecule has 2 aliphatic rings. The first-order chi connectivity index (χ1) is 9.30. The summed E-state index contributed by atoms with van der Waals surface area (Å²) in [7, 11) is 3.02.